The maximum absolute atomic E-state index is 13.6. The lowest BCUT2D eigenvalue weighted by Crippen LogP contribution is -2.14. The smallest absolute Gasteiger partial charge is 0.127 e. The van der Waals surface area contributed by atoms with Gasteiger partial charge in [-0.2, -0.15) is 0 Å². The molecule has 0 saturated carbocycles. The van der Waals surface area contributed by atoms with Crippen molar-refractivity contribution in [2.75, 3.05) is 5.32 Å². The van der Waals surface area contributed by atoms with Gasteiger partial charge >= 0.3 is 0 Å². The maximum atomic E-state index is 13.6. The van der Waals surface area contributed by atoms with Crippen molar-refractivity contribution in [2.24, 2.45) is 5.73 Å². The fourth-order valence-corrected chi connectivity index (χ4v) is 1.95. The molecule has 0 bridgehead atoms. The van der Waals surface area contributed by atoms with Crippen LogP contribution in [-0.2, 0) is 0 Å². The highest BCUT2D eigenvalue weighted by atomic mass is 32.1. The number of benzene rings is 1. The van der Waals surface area contributed by atoms with E-state index in [9.17, 15) is 4.39 Å². The third kappa shape index (κ3) is 3.30. The molecule has 2 aromatic rings. The summed E-state index contributed by atoms with van der Waals surface area (Å²) in [7, 11) is 0. The molecular formula is C15H16FN3S. The van der Waals surface area contributed by atoms with Crippen LogP contribution in [0.15, 0.2) is 36.4 Å². The quantitative estimate of drug-likeness (QED) is 0.848. The van der Waals surface area contributed by atoms with Crippen LogP contribution in [0.3, 0.4) is 0 Å². The number of halogens is 1. The molecule has 1 atom stereocenters. The number of aryl methyl sites for hydroxylation is 1. The van der Waals surface area contributed by atoms with Crippen molar-refractivity contribution in [2.45, 2.75) is 19.9 Å². The van der Waals surface area contributed by atoms with E-state index in [1.807, 2.05) is 25.1 Å². The fraction of sp³-hybridized carbons (Fsp3) is 0.200. The third-order valence-electron chi connectivity index (χ3n) is 3.06. The minimum absolute atomic E-state index is 0.0702. The number of aromatic nitrogens is 1. The van der Waals surface area contributed by atoms with E-state index in [0.29, 0.717) is 17.1 Å². The topological polar surface area (TPSA) is 50.9 Å². The molecule has 0 spiro atoms. The van der Waals surface area contributed by atoms with Crippen LogP contribution < -0.4 is 11.1 Å². The summed E-state index contributed by atoms with van der Waals surface area (Å²) in [6.45, 7) is 3.68. The summed E-state index contributed by atoms with van der Waals surface area (Å²) in [6, 6.07) is 10.5. The molecule has 20 heavy (non-hydrogen) atoms. The predicted octanol–water partition coefficient (Wildman–Crippen LogP) is 3.34. The molecule has 2 rings (SSSR count). The molecule has 1 aromatic carbocycles. The van der Waals surface area contributed by atoms with Gasteiger partial charge in [-0.05, 0) is 43.2 Å². The van der Waals surface area contributed by atoms with Crippen LogP contribution in [0.4, 0.5) is 10.2 Å². The van der Waals surface area contributed by atoms with Gasteiger partial charge in [-0.1, -0.05) is 30.4 Å². The molecule has 1 heterocycles. The van der Waals surface area contributed by atoms with Crippen LogP contribution in [-0.4, -0.2) is 9.97 Å². The molecule has 0 amide bonds. The number of pyridine rings is 1. The third-order valence-corrected chi connectivity index (χ3v) is 3.27. The molecule has 1 unspecified atom stereocenters. The second-order valence-corrected chi connectivity index (χ2v) is 5.09. The van der Waals surface area contributed by atoms with Gasteiger partial charge in [-0.25, -0.2) is 9.37 Å². The van der Waals surface area contributed by atoms with Gasteiger partial charge in [-0.15, -0.1) is 0 Å². The van der Waals surface area contributed by atoms with E-state index >= 15 is 0 Å². The van der Waals surface area contributed by atoms with Crippen molar-refractivity contribution in [1.29, 1.82) is 0 Å². The minimum atomic E-state index is -0.207. The summed E-state index contributed by atoms with van der Waals surface area (Å²) in [6.07, 6.45) is 0. The number of hydrogen-bond acceptors (Lipinski definition) is 3. The van der Waals surface area contributed by atoms with E-state index in [1.54, 1.807) is 19.1 Å². The number of anilines is 1. The first-order valence-electron chi connectivity index (χ1n) is 6.27. The first kappa shape index (κ1) is 14.4. The van der Waals surface area contributed by atoms with E-state index in [1.165, 1.54) is 6.07 Å². The standard InChI is InChI=1S/C15H16FN3S/c1-9-6-7-11(8-12(9)16)10(2)18-14-5-3-4-13(19-14)15(17)20/h3-8,10H,1-2H3,(H2,17,20)(H,18,19). The number of nitrogens with one attached hydrogen (secondary N) is 1. The molecule has 0 saturated heterocycles. The molecule has 3 N–H and O–H groups in total. The van der Waals surface area contributed by atoms with Gasteiger partial charge < -0.3 is 11.1 Å². The zero-order valence-electron chi connectivity index (χ0n) is 11.4. The molecule has 0 aliphatic heterocycles. The lowest BCUT2D eigenvalue weighted by atomic mass is 10.1. The zero-order chi connectivity index (χ0) is 14.7. The first-order chi connectivity index (χ1) is 9.47. The Morgan fingerprint density at radius 2 is 2.10 bits per heavy atom. The lowest BCUT2D eigenvalue weighted by molar-refractivity contribution is 0.614. The summed E-state index contributed by atoms with van der Waals surface area (Å²) in [5, 5.41) is 3.21. The number of rotatable bonds is 4. The van der Waals surface area contributed by atoms with Crippen molar-refractivity contribution in [3.05, 3.63) is 59.0 Å². The minimum Gasteiger partial charge on any atom is -0.388 e. The fourth-order valence-electron chi connectivity index (χ4n) is 1.84. The molecule has 104 valence electrons. The Labute approximate surface area is 123 Å². The number of hydrogen-bond donors (Lipinski definition) is 2. The molecule has 0 aliphatic rings. The van der Waals surface area contributed by atoms with Crippen LogP contribution in [0.25, 0.3) is 0 Å². The van der Waals surface area contributed by atoms with Gasteiger partial charge in [0.25, 0.3) is 0 Å². The van der Waals surface area contributed by atoms with Gasteiger partial charge in [0.15, 0.2) is 0 Å². The average molecular weight is 289 g/mol. The Hall–Kier alpha value is -2.01. The Kier molecular flexibility index (Phi) is 4.29. The van der Waals surface area contributed by atoms with Gasteiger partial charge in [-0.3, -0.25) is 0 Å². The molecular weight excluding hydrogens is 273 g/mol. The van der Waals surface area contributed by atoms with Crippen LogP contribution >= 0.6 is 12.2 Å². The normalized spacial score (nSPS) is 11.9. The highest BCUT2D eigenvalue weighted by molar-refractivity contribution is 7.80. The van der Waals surface area contributed by atoms with E-state index in [0.717, 1.165) is 5.56 Å². The predicted molar refractivity (Wildman–Crippen MR) is 83.3 cm³/mol. The highest BCUT2D eigenvalue weighted by Gasteiger charge is 2.09. The zero-order valence-corrected chi connectivity index (χ0v) is 12.2. The van der Waals surface area contributed by atoms with E-state index in [2.05, 4.69) is 10.3 Å². The van der Waals surface area contributed by atoms with Crippen molar-refractivity contribution in [3.8, 4) is 0 Å². The van der Waals surface area contributed by atoms with Gasteiger partial charge in [0.05, 0.1) is 11.7 Å². The Bertz CT molecular complexity index is 643. The Balaban J connectivity index is 2.18. The molecule has 0 radical (unpaired) electrons. The van der Waals surface area contributed by atoms with E-state index in [-0.39, 0.29) is 16.8 Å². The van der Waals surface area contributed by atoms with Crippen LogP contribution in [0.5, 0.6) is 0 Å². The van der Waals surface area contributed by atoms with Crippen molar-refractivity contribution >= 4 is 23.0 Å². The second-order valence-electron chi connectivity index (χ2n) is 4.65. The van der Waals surface area contributed by atoms with E-state index < -0.39 is 0 Å². The molecule has 0 fully saturated rings. The average Bonchev–Trinajstić information content (AvgIpc) is 2.42. The van der Waals surface area contributed by atoms with Crippen LogP contribution in [0, 0.1) is 12.7 Å². The SMILES string of the molecule is Cc1ccc(C(C)Nc2cccc(C(N)=S)n2)cc1F. The summed E-state index contributed by atoms with van der Waals surface area (Å²) in [5.41, 5.74) is 7.61. The largest absolute Gasteiger partial charge is 0.388 e. The molecule has 1 aromatic heterocycles. The van der Waals surface area contributed by atoms with Crippen LogP contribution in [0.2, 0.25) is 0 Å². The molecule has 0 aliphatic carbocycles. The van der Waals surface area contributed by atoms with Gasteiger partial charge in [0.2, 0.25) is 0 Å². The van der Waals surface area contributed by atoms with Crippen molar-refractivity contribution in [1.82, 2.24) is 4.98 Å². The molecule has 5 heteroatoms. The summed E-state index contributed by atoms with van der Waals surface area (Å²) >= 11 is 4.90. The monoisotopic (exact) mass is 289 g/mol. The summed E-state index contributed by atoms with van der Waals surface area (Å²) in [5.74, 6) is 0.449. The Morgan fingerprint density at radius 1 is 1.35 bits per heavy atom. The molecule has 3 nitrogen and oxygen atoms in total. The van der Waals surface area contributed by atoms with Crippen molar-refractivity contribution in [3.63, 3.8) is 0 Å². The van der Waals surface area contributed by atoms with Gasteiger partial charge in [0, 0.05) is 0 Å². The maximum Gasteiger partial charge on any atom is 0.127 e. The van der Waals surface area contributed by atoms with E-state index in [4.69, 9.17) is 18.0 Å². The summed E-state index contributed by atoms with van der Waals surface area (Å²) in [4.78, 5) is 4.56. The van der Waals surface area contributed by atoms with Crippen LogP contribution in [0.1, 0.15) is 29.8 Å². The number of thiocarbonyl (C=S) groups is 1. The second kappa shape index (κ2) is 5.96. The number of nitrogens with zero attached hydrogens (tertiary/aromatic N) is 1. The highest BCUT2D eigenvalue weighted by Crippen LogP contribution is 2.20. The first-order valence-corrected chi connectivity index (χ1v) is 6.67. The number of nitrogens with two attached hydrogens (primary N) is 1. The lowest BCUT2D eigenvalue weighted by Gasteiger charge is -2.16. The van der Waals surface area contributed by atoms with Crippen molar-refractivity contribution < 1.29 is 4.39 Å². The van der Waals surface area contributed by atoms with Gasteiger partial charge in [0.1, 0.15) is 16.6 Å². The Morgan fingerprint density at radius 3 is 2.75 bits per heavy atom. The summed E-state index contributed by atoms with van der Waals surface area (Å²) < 4.78 is 13.6.